The van der Waals surface area contributed by atoms with Gasteiger partial charge in [-0.2, -0.15) is 0 Å². The average Bonchev–Trinajstić information content (AvgIpc) is 2.89. The van der Waals surface area contributed by atoms with Crippen LogP contribution < -0.4 is 4.74 Å². The topological polar surface area (TPSA) is 45.3 Å². The van der Waals surface area contributed by atoms with Gasteiger partial charge >= 0.3 is 0 Å². The fourth-order valence-corrected chi connectivity index (χ4v) is 4.05. The molecule has 1 aliphatic rings. The highest BCUT2D eigenvalue weighted by molar-refractivity contribution is 5.85. The van der Waals surface area contributed by atoms with Crippen LogP contribution in [0.15, 0.2) is 42.5 Å². The van der Waals surface area contributed by atoms with E-state index in [9.17, 15) is 4.79 Å². The van der Waals surface area contributed by atoms with Gasteiger partial charge in [-0.25, -0.2) is 0 Å². The lowest BCUT2D eigenvalue weighted by molar-refractivity contribution is -0.131. The van der Waals surface area contributed by atoms with Crippen LogP contribution in [0.2, 0.25) is 0 Å². The van der Waals surface area contributed by atoms with Crippen LogP contribution in [-0.4, -0.2) is 35.5 Å². The molecule has 4 rings (SSSR count). The number of aromatic amines is 1. The summed E-state index contributed by atoms with van der Waals surface area (Å²) in [4.78, 5) is 18.3. The molecule has 0 unspecified atom stereocenters. The maximum atomic E-state index is 12.7. The number of aromatic nitrogens is 1. The van der Waals surface area contributed by atoms with Crippen molar-refractivity contribution in [2.24, 2.45) is 0 Å². The minimum atomic E-state index is 0.235. The number of fused-ring (bicyclic) bond motifs is 3. The molecule has 0 spiro atoms. The van der Waals surface area contributed by atoms with Crippen LogP contribution in [0.4, 0.5) is 0 Å². The number of aryl methyl sites for hydroxylation is 2. The van der Waals surface area contributed by atoms with Crippen molar-refractivity contribution >= 4 is 16.8 Å². The standard InChI is InChI=1S/C24H28N2O2/c1-17-9-10-21-20(16-17)19-11-13-26(14-12-22(19)25-21)24(27)8-5-15-28-23-7-4-3-6-18(23)2/h3-4,6-7,9-10,16,25H,5,8,11-15H2,1-2H3. The molecule has 0 bridgehead atoms. The van der Waals surface area contributed by atoms with Crippen molar-refractivity contribution in [1.82, 2.24) is 9.88 Å². The fourth-order valence-electron chi connectivity index (χ4n) is 4.05. The number of para-hydroxylation sites is 1. The lowest BCUT2D eigenvalue weighted by Crippen LogP contribution is -2.33. The summed E-state index contributed by atoms with van der Waals surface area (Å²) in [6.45, 7) is 6.33. The molecule has 4 nitrogen and oxygen atoms in total. The van der Waals surface area contributed by atoms with E-state index in [4.69, 9.17) is 4.74 Å². The minimum absolute atomic E-state index is 0.235. The predicted molar refractivity (Wildman–Crippen MR) is 113 cm³/mol. The highest BCUT2D eigenvalue weighted by Crippen LogP contribution is 2.27. The van der Waals surface area contributed by atoms with Crippen LogP contribution in [0.1, 0.15) is 35.2 Å². The Hall–Kier alpha value is -2.75. The Morgan fingerprint density at radius 2 is 1.93 bits per heavy atom. The highest BCUT2D eigenvalue weighted by atomic mass is 16.5. The number of nitrogens with one attached hydrogen (secondary N) is 1. The van der Waals surface area contributed by atoms with E-state index in [1.54, 1.807) is 0 Å². The molecule has 0 fully saturated rings. The molecule has 2 heterocycles. The van der Waals surface area contributed by atoms with E-state index < -0.39 is 0 Å². The number of rotatable bonds is 5. The number of carbonyl (C=O) groups excluding carboxylic acids is 1. The van der Waals surface area contributed by atoms with Gasteiger partial charge < -0.3 is 14.6 Å². The Balaban J connectivity index is 1.31. The number of carbonyl (C=O) groups is 1. The zero-order chi connectivity index (χ0) is 19.5. The second-order valence-electron chi connectivity index (χ2n) is 7.73. The van der Waals surface area contributed by atoms with Gasteiger partial charge in [0.25, 0.3) is 0 Å². The molecule has 1 N–H and O–H groups in total. The molecular formula is C24H28N2O2. The summed E-state index contributed by atoms with van der Waals surface area (Å²) < 4.78 is 5.82. The quantitative estimate of drug-likeness (QED) is 0.663. The van der Waals surface area contributed by atoms with Gasteiger partial charge in [-0.1, -0.05) is 29.8 Å². The van der Waals surface area contributed by atoms with Crippen LogP contribution in [0.25, 0.3) is 10.9 Å². The zero-order valence-electron chi connectivity index (χ0n) is 16.8. The fraction of sp³-hybridized carbons (Fsp3) is 0.375. The maximum Gasteiger partial charge on any atom is 0.222 e. The summed E-state index contributed by atoms with van der Waals surface area (Å²) in [5.74, 6) is 1.14. The van der Waals surface area contributed by atoms with Crippen LogP contribution in [0.5, 0.6) is 5.75 Å². The Kier molecular flexibility index (Phi) is 5.38. The molecule has 0 radical (unpaired) electrons. The molecule has 0 aliphatic carbocycles. The van der Waals surface area contributed by atoms with Gasteiger partial charge in [0.1, 0.15) is 5.75 Å². The largest absolute Gasteiger partial charge is 0.493 e. The molecule has 0 atom stereocenters. The van der Waals surface area contributed by atoms with Crippen LogP contribution >= 0.6 is 0 Å². The van der Waals surface area contributed by atoms with E-state index in [-0.39, 0.29) is 5.91 Å². The molecule has 4 heteroatoms. The molecule has 0 saturated heterocycles. The number of ether oxygens (including phenoxy) is 1. The van der Waals surface area contributed by atoms with Crippen molar-refractivity contribution in [2.75, 3.05) is 19.7 Å². The SMILES string of the molecule is Cc1ccc2[nH]c3c(c2c1)CCN(C(=O)CCCOc1ccccc1C)CC3. The zero-order valence-corrected chi connectivity index (χ0v) is 16.8. The summed E-state index contributed by atoms with van der Waals surface area (Å²) in [5.41, 5.74) is 6.30. The smallest absolute Gasteiger partial charge is 0.222 e. The maximum absolute atomic E-state index is 12.7. The molecular weight excluding hydrogens is 348 g/mol. The molecule has 1 aromatic heterocycles. The first-order valence-electron chi connectivity index (χ1n) is 10.2. The molecule has 1 amide bonds. The molecule has 0 saturated carbocycles. The van der Waals surface area contributed by atoms with E-state index in [0.29, 0.717) is 13.0 Å². The highest BCUT2D eigenvalue weighted by Gasteiger charge is 2.21. The Labute approximate surface area is 166 Å². The normalized spacial score (nSPS) is 14.0. The Morgan fingerprint density at radius 3 is 2.79 bits per heavy atom. The Bertz CT molecular complexity index is 989. The van der Waals surface area contributed by atoms with Crippen molar-refractivity contribution < 1.29 is 9.53 Å². The van der Waals surface area contributed by atoms with E-state index >= 15 is 0 Å². The lowest BCUT2D eigenvalue weighted by Gasteiger charge is -2.20. The lowest BCUT2D eigenvalue weighted by atomic mass is 10.1. The van der Waals surface area contributed by atoms with Gasteiger partial charge in [-0.05, 0) is 56.0 Å². The van der Waals surface area contributed by atoms with Gasteiger partial charge in [0, 0.05) is 42.5 Å². The second kappa shape index (κ2) is 8.09. The molecule has 28 heavy (non-hydrogen) atoms. The number of hydrogen-bond donors (Lipinski definition) is 1. The summed E-state index contributed by atoms with van der Waals surface area (Å²) in [7, 11) is 0. The van der Waals surface area contributed by atoms with Gasteiger partial charge in [-0.3, -0.25) is 4.79 Å². The van der Waals surface area contributed by atoms with E-state index in [1.807, 2.05) is 36.1 Å². The van der Waals surface area contributed by atoms with Crippen molar-refractivity contribution in [3.63, 3.8) is 0 Å². The number of H-pyrrole nitrogens is 1. The van der Waals surface area contributed by atoms with E-state index in [1.165, 1.54) is 27.7 Å². The van der Waals surface area contributed by atoms with Crippen LogP contribution in [0, 0.1) is 13.8 Å². The van der Waals surface area contributed by atoms with Crippen LogP contribution in [0.3, 0.4) is 0 Å². The molecule has 2 aromatic carbocycles. The van der Waals surface area contributed by atoms with Gasteiger partial charge in [0.2, 0.25) is 5.91 Å². The first-order valence-corrected chi connectivity index (χ1v) is 10.2. The third-order valence-corrected chi connectivity index (χ3v) is 5.65. The monoisotopic (exact) mass is 376 g/mol. The number of nitrogens with zero attached hydrogens (tertiary/aromatic N) is 1. The van der Waals surface area contributed by atoms with Crippen molar-refractivity contribution in [3.8, 4) is 5.75 Å². The Morgan fingerprint density at radius 1 is 1.11 bits per heavy atom. The number of hydrogen-bond acceptors (Lipinski definition) is 2. The third kappa shape index (κ3) is 3.91. The van der Waals surface area contributed by atoms with Gasteiger partial charge in [0.15, 0.2) is 0 Å². The molecule has 3 aromatic rings. The van der Waals surface area contributed by atoms with E-state index in [2.05, 4.69) is 30.1 Å². The van der Waals surface area contributed by atoms with Gasteiger partial charge in [-0.15, -0.1) is 0 Å². The summed E-state index contributed by atoms with van der Waals surface area (Å²) in [6, 6.07) is 14.6. The summed E-state index contributed by atoms with van der Waals surface area (Å²) in [5, 5.41) is 1.32. The van der Waals surface area contributed by atoms with Crippen molar-refractivity contribution in [1.29, 1.82) is 0 Å². The average molecular weight is 377 g/mol. The first-order chi connectivity index (χ1) is 13.6. The summed E-state index contributed by atoms with van der Waals surface area (Å²) >= 11 is 0. The summed E-state index contributed by atoms with van der Waals surface area (Å²) in [6.07, 6.45) is 3.11. The van der Waals surface area contributed by atoms with Gasteiger partial charge in [0.05, 0.1) is 6.61 Å². The third-order valence-electron chi connectivity index (χ3n) is 5.65. The van der Waals surface area contributed by atoms with Crippen molar-refractivity contribution in [3.05, 3.63) is 64.8 Å². The van der Waals surface area contributed by atoms with Crippen molar-refractivity contribution in [2.45, 2.75) is 39.5 Å². The molecule has 146 valence electrons. The van der Waals surface area contributed by atoms with Crippen LogP contribution in [-0.2, 0) is 17.6 Å². The second-order valence-corrected chi connectivity index (χ2v) is 7.73. The number of amides is 1. The molecule has 1 aliphatic heterocycles. The number of benzene rings is 2. The predicted octanol–water partition coefficient (Wildman–Crippen LogP) is 4.57. The first kappa shape index (κ1) is 18.6. The minimum Gasteiger partial charge on any atom is -0.493 e. The van der Waals surface area contributed by atoms with E-state index in [0.717, 1.165) is 43.7 Å².